The van der Waals surface area contributed by atoms with Crippen molar-refractivity contribution < 1.29 is 9.59 Å². The molecule has 7 nitrogen and oxygen atoms in total. The highest BCUT2D eigenvalue weighted by atomic mass is 79.9. The molecule has 2 aromatic carbocycles. The summed E-state index contributed by atoms with van der Waals surface area (Å²) in [7, 11) is 0. The third kappa shape index (κ3) is 5.14. The molecule has 0 radical (unpaired) electrons. The van der Waals surface area contributed by atoms with Crippen LogP contribution in [0.3, 0.4) is 0 Å². The molecule has 0 bridgehead atoms. The lowest BCUT2D eigenvalue weighted by Crippen LogP contribution is -2.52. The van der Waals surface area contributed by atoms with Crippen molar-refractivity contribution in [3.05, 3.63) is 64.1 Å². The Morgan fingerprint density at radius 3 is 2.65 bits per heavy atom. The number of halogens is 1. The van der Waals surface area contributed by atoms with E-state index < -0.39 is 0 Å². The topological polar surface area (TPSA) is 77.0 Å². The highest BCUT2D eigenvalue weighted by molar-refractivity contribution is 9.10. The van der Waals surface area contributed by atoms with E-state index in [-0.39, 0.29) is 30.4 Å². The largest absolute Gasteiger partial charge is 0.324 e. The fourth-order valence-corrected chi connectivity index (χ4v) is 4.10. The molecule has 2 heterocycles. The number of hydrogen-bond acceptors (Lipinski definition) is 5. The van der Waals surface area contributed by atoms with E-state index in [1.807, 2.05) is 48.5 Å². The van der Waals surface area contributed by atoms with Crippen molar-refractivity contribution in [2.45, 2.75) is 44.7 Å². The summed E-state index contributed by atoms with van der Waals surface area (Å²) < 4.78 is 1.01. The second-order valence-corrected chi connectivity index (χ2v) is 8.78. The predicted molar refractivity (Wildman–Crippen MR) is 124 cm³/mol. The van der Waals surface area contributed by atoms with Gasteiger partial charge in [-0.1, -0.05) is 53.5 Å². The number of anilines is 1. The minimum atomic E-state index is -0.378. The molecule has 8 heteroatoms. The summed E-state index contributed by atoms with van der Waals surface area (Å²) in [6.07, 6.45) is 5.54. The van der Waals surface area contributed by atoms with Gasteiger partial charge in [0, 0.05) is 10.2 Å². The van der Waals surface area contributed by atoms with Crippen LogP contribution in [0, 0.1) is 0 Å². The third-order valence-corrected chi connectivity index (χ3v) is 6.11. The molecule has 0 aliphatic carbocycles. The van der Waals surface area contributed by atoms with E-state index in [2.05, 4.69) is 38.7 Å². The Hall–Kier alpha value is -2.71. The average molecular weight is 484 g/mol. The van der Waals surface area contributed by atoms with E-state index in [1.165, 1.54) is 10.6 Å². The molecule has 162 valence electrons. The van der Waals surface area contributed by atoms with Gasteiger partial charge >= 0.3 is 0 Å². The Morgan fingerprint density at radius 2 is 1.94 bits per heavy atom. The first kappa shape index (κ1) is 21.5. The Balaban J connectivity index is 1.33. The highest BCUT2D eigenvalue weighted by Gasteiger charge is 2.41. The quantitative estimate of drug-likeness (QED) is 0.627. The van der Waals surface area contributed by atoms with Crippen LogP contribution in [0.15, 0.2) is 58.1 Å². The van der Waals surface area contributed by atoms with Gasteiger partial charge in [0.15, 0.2) is 0 Å². The first-order chi connectivity index (χ1) is 15.0. The van der Waals surface area contributed by atoms with Gasteiger partial charge in [-0.2, -0.15) is 5.10 Å². The van der Waals surface area contributed by atoms with E-state index in [0.29, 0.717) is 6.42 Å². The molecule has 1 saturated heterocycles. The summed E-state index contributed by atoms with van der Waals surface area (Å²) in [4.78, 5) is 25.4. The molecule has 4 rings (SSSR count). The number of nitrogens with one attached hydrogen (secondary N) is 2. The number of nitrogens with zero attached hydrogens (tertiary/aromatic N) is 3. The van der Waals surface area contributed by atoms with E-state index >= 15 is 0 Å². The summed E-state index contributed by atoms with van der Waals surface area (Å²) >= 11 is 3.44. The van der Waals surface area contributed by atoms with Crippen molar-refractivity contribution in [1.82, 2.24) is 15.4 Å². The number of hydrazone groups is 1. The first-order valence-corrected chi connectivity index (χ1v) is 11.4. The summed E-state index contributed by atoms with van der Waals surface area (Å²) in [5, 5.41) is 10.0. The fraction of sp³-hybridized carbons (Fsp3) is 0.348. The summed E-state index contributed by atoms with van der Waals surface area (Å²) in [5.74, 6) is -0.449. The van der Waals surface area contributed by atoms with Crippen molar-refractivity contribution in [1.29, 1.82) is 0 Å². The average Bonchev–Trinajstić information content (AvgIpc) is 3.21. The number of fused-ring (bicyclic) bond motifs is 1. The normalized spacial score (nSPS) is 20.1. The fourth-order valence-electron chi connectivity index (χ4n) is 3.84. The molecule has 0 spiro atoms. The Morgan fingerprint density at radius 1 is 1.19 bits per heavy atom. The van der Waals surface area contributed by atoms with E-state index in [0.717, 1.165) is 35.0 Å². The van der Waals surface area contributed by atoms with Crippen molar-refractivity contribution in [2.24, 2.45) is 5.10 Å². The van der Waals surface area contributed by atoms with E-state index in [1.54, 1.807) is 11.3 Å². The van der Waals surface area contributed by atoms with Gasteiger partial charge in [-0.15, -0.1) is 0 Å². The van der Waals surface area contributed by atoms with Crippen molar-refractivity contribution >= 4 is 39.8 Å². The van der Waals surface area contributed by atoms with Gasteiger partial charge < -0.3 is 5.32 Å². The number of hydrazine groups is 1. The van der Waals surface area contributed by atoms with Gasteiger partial charge in [0.2, 0.25) is 5.91 Å². The number of hydrogen-bond donors (Lipinski definition) is 2. The molecule has 2 aliphatic rings. The molecule has 31 heavy (non-hydrogen) atoms. The van der Waals surface area contributed by atoms with Gasteiger partial charge in [0.1, 0.15) is 18.9 Å². The predicted octanol–water partition coefficient (Wildman–Crippen LogP) is 3.84. The van der Waals surface area contributed by atoms with Gasteiger partial charge in [0.05, 0.1) is 6.04 Å². The number of amides is 2. The standard InChI is InChI=1S/C23H26BrN5O2/c1-2-3-4-16-5-11-19(12-6-16)26-22(30)14-28-23(31)21-13-20(27-29(21)15-25-28)17-7-9-18(24)10-8-17/h5-12,15,20-21,27H,2-4,13-14H2,1H3,(H,26,30). The molecular weight excluding hydrogens is 458 g/mol. The minimum absolute atomic E-state index is 0.0218. The van der Waals surface area contributed by atoms with Crippen LogP contribution in [-0.4, -0.2) is 40.8 Å². The van der Waals surface area contributed by atoms with Crippen LogP contribution in [0.25, 0.3) is 0 Å². The van der Waals surface area contributed by atoms with E-state index in [4.69, 9.17) is 0 Å². The number of benzene rings is 2. The summed E-state index contributed by atoms with van der Waals surface area (Å²) in [6, 6.07) is 15.5. The molecule has 0 saturated carbocycles. The number of carbonyl (C=O) groups excluding carboxylic acids is 2. The molecule has 2 N–H and O–H groups in total. The Kier molecular flexibility index (Phi) is 6.67. The first-order valence-electron chi connectivity index (χ1n) is 10.6. The smallest absolute Gasteiger partial charge is 0.267 e. The zero-order chi connectivity index (χ0) is 21.8. The van der Waals surface area contributed by atoms with Gasteiger partial charge in [-0.05, 0) is 54.7 Å². The third-order valence-electron chi connectivity index (χ3n) is 5.58. The molecule has 2 aliphatic heterocycles. The maximum Gasteiger partial charge on any atom is 0.267 e. The minimum Gasteiger partial charge on any atom is -0.324 e. The zero-order valence-electron chi connectivity index (χ0n) is 17.4. The summed E-state index contributed by atoms with van der Waals surface area (Å²) in [5.41, 5.74) is 6.39. The van der Waals surface area contributed by atoms with Crippen LogP contribution in [0.4, 0.5) is 5.69 Å². The maximum absolute atomic E-state index is 12.9. The monoisotopic (exact) mass is 483 g/mol. The lowest BCUT2D eigenvalue weighted by molar-refractivity contribution is -0.139. The van der Waals surface area contributed by atoms with Crippen LogP contribution in [0.1, 0.15) is 43.4 Å². The highest BCUT2D eigenvalue weighted by Crippen LogP contribution is 2.30. The lowest BCUT2D eigenvalue weighted by atomic mass is 10.0. The van der Waals surface area contributed by atoms with Crippen molar-refractivity contribution in [3.8, 4) is 0 Å². The zero-order valence-corrected chi connectivity index (χ0v) is 19.0. The second kappa shape index (κ2) is 9.62. The number of rotatable bonds is 7. The summed E-state index contributed by atoms with van der Waals surface area (Å²) in [6.45, 7) is 2.06. The Bertz CT molecular complexity index is 961. The number of unbranched alkanes of at least 4 members (excludes halogenated alkanes) is 1. The van der Waals surface area contributed by atoms with Crippen LogP contribution in [-0.2, 0) is 16.0 Å². The number of aryl methyl sites for hydroxylation is 1. The van der Waals surface area contributed by atoms with Crippen LogP contribution in [0.2, 0.25) is 0 Å². The number of carbonyl (C=O) groups is 2. The molecule has 2 aromatic rings. The molecule has 2 unspecified atom stereocenters. The van der Waals surface area contributed by atoms with Crippen molar-refractivity contribution in [2.75, 3.05) is 11.9 Å². The molecule has 1 fully saturated rings. The maximum atomic E-state index is 12.9. The van der Waals surface area contributed by atoms with Crippen LogP contribution >= 0.6 is 15.9 Å². The van der Waals surface area contributed by atoms with Crippen molar-refractivity contribution in [3.63, 3.8) is 0 Å². The SMILES string of the molecule is CCCCc1ccc(NC(=O)CN2N=CN3NC(c4ccc(Br)cc4)CC3C2=O)cc1. The van der Waals surface area contributed by atoms with Crippen LogP contribution < -0.4 is 10.7 Å². The van der Waals surface area contributed by atoms with Crippen LogP contribution in [0.5, 0.6) is 0 Å². The van der Waals surface area contributed by atoms with Gasteiger partial charge in [-0.25, -0.2) is 10.4 Å². The second-order valence-electron chi connectivity index (χ2n) is 7.87. The molecule has 2 amide bonds. The van der Waals surface area contributed by atoms with E-state index in [9.17, 15) is 9.59 Å². The molecule has 2 atom stereocenters. The lowest BCUT2D eigenvalue weighted by Gasteiger charge is -2.29. The van der Waals surface area contributed by atoms with Gasteiger partial charge in [0.25, 0.3) is 5.91 Å². The molecular formula is C23H26BrN5O2. The van der Waals surface area contributed by atoms with Gasteiger partial charge in [-0.3, -0.25) is 14.6 Å². The molecule has 0 aromatic heterocycles. The Labute approximate surface area is 190 Å².